The van der Waals surface area contributed by atoms with Crippen LogP contribution in [-0.2, 0) is 4.79 Å². The number of hydrogen-bond donors (Lipinski definition) is 1. The number of likely N-dealkylation sites (tertiary alicyclic amines) is 1. The molecule has 0 saturated carbocycles. The van der Waals surface area contributed by atoms with Gasteiger partial charge in [0.05, 0.1) is 0 Å². The van der Waals surface area contributed by atoms with Crippen LogP contribution in [0, 0.1) is 0 Å². The quantitative estimate of drug-likeness (QED) is 0.799. The molecule has 1 atom stereocenters. The van der Waals surface area contributed by atoms with Crippen molar-refractivity contribution in [3.63, 3.8) is 0 Å². The Labute approximate surface area is 91.8 Å². The number of aromatic nitrogens is 1. The fourth-order valence-electron chi connectivity index (χ4n) is 1.97. The summed E-state index contributed by atoms with van der Waals surface area (Å²) in [4.78, 5) is 23.7. The van der Waals surface area contributed by atoms with Crippen molar-refractivity contribution in [1.82, 2.24) is 10.1 Å². The van der Waals surface area contributed by atoms with Gasteiger partial charge < -0.3 is 14.5 Å². The van der Waals surface area contributed by atoms with Gasteiger partial charge in [0.25, 0.3) is 0 Å². The Morgan fingerprint density at radius 2 is 2.38 bits per heavy atom. The van der Waals surface area contributed by atoms with Crippen molar-refractivity contribution in [1.29, 1.82) is 0 Å². The Kier molecular flexibility index (Phi) is 2.64. The first-order valence-corrected chi connectivity index (χ1v) is 5.02. The zero-order chi connectivity index (χ0) is 11.7. The highest BCUT2D eigenvalue weighted by atomic mass is 16.5. The molecule has 6 nitrogen and oxygen atoms in total. The van der Waals surface area contributed by atoms with Crippen molar-refractivity contribution in [2.24, 2.45) is 0 Å². The minimum atomic E-state index is -1.04. The number of rotatable bonds is 2. The summed E-state index contributed by atoms with van der Waals surface area (Å²) in [5.74, 6) is -1.07. The van der Waals surface area contributed by atoms with Crippen LogP contribution in [0.15, 0.2) is 10.8 Å². The number of amides is 1. The van der Waals surface area contributed by atoms with Gasteiger partial charge in [0.2, 0.25) is 5.91 Å². The van der Waals surface area contributed by atoms with E-state index in [4.69, 9.17) is 5.11 Å². The summed E-state index contributed by atoms with van der Waals surface area (Å²) < 4.78 is 4.68. The molecule has 16 heavy (non-hydrogen) atoms. The molecule has 0 aliphatic carbocycles. The summed E-state index contributed by atoms with van der Waals surface area (Å²) >= 11 is 0. The molecule has 0 aromatic carbocycles. The number of carboxylic acid groups (broad SMARTS) is 1. The molecule has 0 bridgehead atoms. The van der Waals surface area contributed by atoms with Gasteiger partial charge in [-0.15, -0.1) is 0 Å². The minimum Gasteiger partial charge on any atom is -0.478 e. The molecule has 1 N–H and O–H groups in total. The van der Waals surface area contributed by atoms with Gasteiger partial charge in [-0.2, -0.15) is 0 Å². The topological polar surface area (TPSA) is 83.6 Å². The Hall–Kier alpha value is -1.85. The highest BCUT2D eigenvalue weighted by Gasteiger charge is 2.31. The third kappa shape index (κ3) is 1.78. The standard InChI is InChI=1S/C10H12N2O4/c1-6(13)12-3-2-7(4-12)9-8(10(14)15)5-16-11-9/h5,7H,2-4H2,1H3,(H,14,15). The first-order valence-electron chi connectivity index (χ1n) is 5.02. The molecular weight excluding hydrogens is 212 g/mol. The van der Waals surface area contributed by atoms with Crippen LogP contribution in [0.5, 0.6) is 0 Å². The second-order valence-electron chi connectivity index (χ2n) is 3.87. The third-order valence-electron chi connectivity index (χ3n) is 2.85. The van der Waals surface area contributed by atoms with Crippen molar-refractivity contribution in [2.45, 2.75) is 19.3 Å². The average molecular weight is 224 g/mol. The van der Waals surface area contributed by atoms with Gasteiger partial charge >= 0.3 is 5.97 Å². The molecule has 2 rings (SSSR count). The van der Waals surface area contributed by atoms with Crippen LogP contribution in [0.1, 0.15) is 35.3 Å². The van der Waals surface area contributed by atoms with Gasteiger partial charge in [-0.1, -0.05) is 5.16 Å². The Morgan fingerprint density at radius 3 is 2.94 bits per heavy atom. The van der Waals surface area contributed by atoms with Crippen LogP contribution >= 0.6 is 0 Å². The van der Waals surface area contributed by atoms with E-state index in [0.29, 0.717) is 18.8 Å². The van der Waals surface area contributed by atoms with Crippen molar-refractivity contribution < 1.29 is 19.2 Å². The second kappa shape index (κ2) is 3.96. The largest absolute Gasteiger partial charge is 0.478 e. The number of carbonyl (C=O) groups excluding carboxylic acids is 1. The van der Waals surface area contributed by atoms with Crippen LogP contribution in [0.4, 0.5) is 0 Å². The maximum Gasteiger partial charge on any atom is 0.340 e. The first-order chi connectivity index (χ1) is 7.59. The summed E-state index contributed by atoms with van der Waals surface area (Å²) in [5, 5.41) is 12.6. The lowest BCUT2D eigenvalue weighted by molar-refractivity contribution is -0.127. The molecule has 6 heteroatoms. The van der Waals surface area contributed by atoms with Crippen LogP contribution in [-0.4, -0.2) is 40.1 Å². The van der Waals surface area contributed by atoms with Gasteiger partial charge in [0.15, 0.2) is 0 Å². The van der Waals surface area contributed by atoms with Crippen molar-refractivity contribution in [3.05, 3.63) is 17.5 Å². The molecular formula is C10H12N2O4. The SMILES string of the molecule is CC(=O)N1CCC(c2nocc2C(=O)O)C1. The molecule has 1 unspecified atom stereocenters. The monoisotopic (exact) mass is 224 g/mol. The van der Waals surface area contributed by atoms with E-state index in [-0.39, 0.29) is 17.4 Å². The molecule has 1 aliphatic heterocycles. The number of carbonyl (C=O) groups is 2. The molecule has 0 radical (unpaired) electrons. The van der Waals surface area contributed by atoms with E-state index in [1.165, 1.54) is 6.92 Å². The number of nitrogens with zero attached hydrogens (tertiary/aromatic N) is 2. The second-order valence-corrected chi connectivity index (χ2v) is 3.87. The van der Waals surface area contributed by atoms with Crippen molar-refractivity contribution in [2.75, 3.05) is 13.1 Å². The lowest BCUT2D eigenvalue weighted by Crippen LogP contribution is -2.25. The summed E-state index contributed by atoms with van der Waals surface area (Å²) in [6, 6.07) is 0. The minimum absolute atomic E-state index is 0.00266. The predicted molar refractivity (Wildman–Crippen MR) is 53.1 cm³/mol. The molecule has 1 aliphatic rings. The van der Waals surface area contributed by atoms with E-state index in [9.17, 15) is 9.59 Å². The van der Waals surface area contributed by atoms with Crippen LogP contribution in [0.25, 0.3) is 0 Å². The molecule has 1 saturated heterocycles. The molecule has 86 valence electrons. The van der Waals surface area contributed by atoms with Gasteiger partial charge in [0, 0.05) is 25.9 Å². The third-order valence-corrected chi connectivity index (χ3v) is 2.85. The molecule has 1 aromatic rings. The summed E-state index contributed by atoms with van der Waals surface area (Å²) in [7, 11) is 0. The smallest absolute Gasteiger partial charge is 0.340 e. The van der Waals surface area contributed by atoms with E-state index in [1.807, 2.05) is 0 Å². The van der Waals surface area contributed by atoms with Crippen LogP contribution < -0.4 is 0 Å². The maximum absolute atomic E-state index is 11.1. The normalized spacial score (nSPS) is 20.1. The molecule has 1 fully saturated rings. The Bertz CT molecular complexity index is 426. The number of aromatic carboxylic acids is 1. The van der Waals surface area contributed by atoms with Crippen molar-refractivity contribution >= 4 is 11.9 Å². The van der Waals surface area contributed by atoms with Crippen LogP contribution in [0.3, 0.4) is 0 Å². The number of carboxylic acids is 1. The Balaban J connectivity index is 2.17. The van der Waals surface area contributed by atoms with Crippen LogP contribution in [0.2, 0.25) is 0 Å². The van der Waals surface area contributed by atoms with Gasteiger partial charge in [-0.25, -0.2) is 4.79 Å². The summed E-state index contributed by atoms with van der Waals surface area (Å²) in [5.41, 5.74) is 0.534. The van der Waals surface area contributed by atoms with E-state index in [0.717, 1.165) is 12.7 Å². The van der Waals surface area contributed by atoms with Gasteiger partial charge in [-0.3, -0.25) is 4.79 Å². The number of hydrogen-bond acceptors (Lipinski definition) is 4. The predicted octanol–water partition coefficient (Wildman–Crippen LogP) is 0.709. The van der Waals surface area contributed by atoms with E-state index < -0.39 is 5.97 Å². The summed E-state index contributed by atoms with van der Waals surface area (Å²) in [6.07, 6.45) is 1.86. The maximum atomic E-state index is 11.1. The molecule has 0 spiro atoms. The lowest BCUT2D eigenvalue weighted by atomic mass is 10.0. The molecule has 2 heterocycles. The van der Waals surface area contributed by atoms with E-state index in [2.05, 4.69) is 9.68 Å². The average Bonchev–Trinajstić information content (AvgIpc) is 2.86. The van der Waals surface area contributed by atoms with Gasteiger partial charge in [0.1, 0.15) is 17.5 Å². The lowest BCUT2D eigenvalue weighted by Gasteiger charge is -2.12. The first kappa shape index (κ1) is 10.7. The zero-order valence-electron chi connectivity index (χ0n) is 8.84. The highest BCUT2D eigenvalue weighted by molar-refractivity contribution is 5.88. The van der Waals surface area contributed by atoms with Crippen molar-refractivity contribution in [3.8, 4) is 0 Å². The fraction of sp³-hybridized carbons (Fsp3) is 0.500. The fourth-order valence-corrected chi connectivity index (χ4v) is 1.97. The van der Waals surface area contributed by atoms with E-state index in [1.54, 1.807) is 4.90 Å². The van der Waals surface area contributed by atoms with E-state index >= 15 is 0 Å². The Morgan fingerprint density at radius 1 is 1.62 bits per heavy atom. The molecule has 1 amide bonds. The zero-order valence-corrected chi connectivity index (χ0v) is 8.84. The highest BCUT2D eigenvalue weighted by Crippen LogP contribution is 2.28. The summed E-state index contributed by atoms with van der Waals surface area (Å²) in [6.45, 7) is 2.66. The molecule has 1 aromatic heterocycles. The van der Waals surface area contributed by atoms with Gasteiger partial charge in [-0.05, 0) is 6.42 Å².